The minimum atomic E-state index is -0.661. The molecule has 0 bridgehead atoms. The van der Waals surface area contributed by atoms with Crippen molar-refractivity contribution >= 4 is 5.97 Å². The van der Waals surface area contributed by atoms with Crippen molar-refractivity contribution in [3.8, 4) is 0 Å². The third-order valence-electron chi connectivity index (χ3n) is 7.50. The van der Waals surface area contributed by atoms with Gasteiger partial charge in [-0.1, -0.05) is 128 Å². The van der Waals surface area contributed by atoms with Crippen LogP contribution in [0.3, 0.4) is 0 Å². The van der Waals surface area contributed by atoms with Gasteiger partial charge in [-0.25, -0.2) is 0 Å². The first-order valence-corrected chi connectivity index (χ1v) is 16.1. The van der Waals surface area contributed by atoms with E-state index in [1.54, 1.807) is 0 Å². The van der Waals surface area contributed by atoms with Gasteiger partial charge in [0.05, 0.1) is 0 Å². The molecule has 0 fully saturated rings. The molecule has 0 saturated carbocycles. The first kappa shape index (κ1) is 35.2. The molecule has 0 aromatic rings. The molecule has 0 radical (unpaired) electrons. The molecular formula is C33H65NO2. The Balaban J connectivity index is 3.46. The van der Waals surface area contributed by atoms with Crippen LogP contribution in [0.25, 0.3) is 0 Å². The van der Waals surface area contributed by atoms with Crippen molar-refractivity contribution in [1.29, 1.82) is 0 Å². The average Bonchev–Trinajstić information content (AvgIpc) is 2.84. The van der Waals surface area contributed by atoms with Crippen molar-refractivity contribution in [2.45, 2.75) is 167 Å². The lowest BCUT2D eigenvalue weighted by Crippen LogP contribution is -2.21. The Labute approximate surface area is 226 Å². The summed E-state index contributed by atoms with van der Waals surface area (Å²) >= 11 is 0. The summed E-state index contributed by atoms with van der Waals surface area (Å²) in [6.07, 6.45) is 37.2. The summed E-state index contributed by atoms with van der Waals surface area (Å²) in [5.41, 5.74) is 0. The van der Waals surface area contributed by atoms with Gasteiger partial charge in [0, 0.05) is 13.0 Å². The third kappa shape index (κ3) is 29.4. The van der Waals surface area contributed by atoms with Crippen LogP contribution in [0, 0.1) is 5.92 Å². The fourth-order valence-corrected chi connectivity index (χ4v) is 5.29. The molecule has 3 nitrogen and oxygen atoms in total. The highest BCUT2D eigenvalue weighted by Crippen LogP contribution is 2.20. The summed E-state index contributed by atoms with van der Waals surface area (Å²) in [4.78, 5) is 12.9. The molecule has 0 aromatic carbocycles. The van der Waals surface area contributed by atoms with Gasteiger partial charge in [0.15, 0.2) is 0 Å². The maximum absolute atomic E-state index is 10.5. The van der Waals surface area contributed by atoms with Crippen LogP contribution in [0.1, 0.15) is 167 Å². The van der Waals surface area contributed by atoms with E-state index in [-0.39, 0.29) is 0 Å². The van der Waals surface area contributed by atoms with Gasteiger partial charge in [-0.3, -0.25) is 4.79 Å². The molecule has 0 amide bonds. The zero-order chi connectivity index (χ0) is 26.5. The lowest BCUT2D eigenvalue weighted by Gasteiger charge is -2.21. The van der Waals surface area contributed by atoms with Crippen LogP contribution in [0.15, 0.2) is 12.2 Å². The number of carbonyl (C=O) groups is 1. The Morgan fingerprint density at radius 3 is 1.42 bits per heavy atom. The molecule has 214 valence electrons. The largest absolute Gasteiger partial charge is 0.481 e. The fraction of sp³-hybridized carbons (Fsp3) is 0.909. The Bertz CT molecular complexity index is 474. The quantitative estimate of drug-likeness (QED) is 0.0808. The second kappa shape index (κ2) is 28.7. The third-order valence-corrected chi connectivity index (χ3v) is 7.50. The van der Waals surface area contributed by atoms with Crippen molar-refractivity contribution in [2.75, 3.05) is 20.6 Å². The predicted octanol–water partition coefficient (Wildman–Crippen LogP) is 10.6. The molecule has 0 saturated heterocycles. The minimum absolute atomic E-state index is 0.330. The summed E-state index contributed by atoms with van der Waals surface area (Å²) in [5, 5.41) is 8.63. The van der Waals surface area contributed by atoms with E-state index in [0.29, 0.717) is 6.42 Å². The average molecular weight is 508 g/mol. The topological polar surface area (TPSA) is 40.5 Å². The number of nitrogens with zero attached hydrogens (tertiary/aromatic N) is 1. The molecular weight excluding hydrogens is 442 g/mol. The molecule has 1 unspecified atom stereocenters. The smallest absolute Gasteiger partial charge is 0.303 e. The summed E-state index contributed by atoms with van der Waals surface area (Å²) < 4.78 is 0. The number of carboxylic acid groups (broad SMARTS) is 1. The van der Waals surface area contributed by atoms with Crippen LogP contribution in [0.4, 0.5) is 0 Å². The summed E-state index contributed by atoms with van der Waals surface area (Å²) in [5.74, 6) is 0.249. The van der Waals surface area contributed by atoms with E-state index in [4.69, 9.17) is 5.11 Å². The number of unbranched alkanes of at least 4 members (excludes halogenated alkanes) is 19. The minimum Gasteiger partial charge on any atom is -0.481 e. The van der Waals surface area contributed by atoms with E-state index in [9.17, 15) is 4.79 Å². The number of rotatable bonds is 29. The standard InChI is InChI=1S/C33H65NO2/c1-4-5-6-7-19-22-25-28-32(31-34(2)3)29-26-23-20-17-15-13-11-9-8-10-12-14-16-18-21-24-27-30-33(35)36/h10,12,32H,4-9,11,13-31H2,1-3H3,(H,35,36)/b12-10-. The lowest BCUT2D eigenvalue weighted by molar-refractivity contribution is -0.137. The van der Waals surface area contributed by atoms with Crippen LogP contribution < -0.4 is 0 Å². The molecule has 1 atom stereocenters. The summed E-state index contributed by atoms with van der Waals surface area (Å²) in [6.45, 7) is 3.58. The number of allylic oxidation sites excluding steroid dienone is 2. The Hall–Kier alpha value is -0.830. The second-order valence-electron chi connectivity index (χ2n) is 11.6. The summed E-state index contributed by atoms with van der Waals surface area (Å²) in [6, 6.07) is 0. The van der Waals surface area contributed by atoms with Crippen molar-refractivity contribution in [3.05, 3.63) is 12.2 Å². The molecule has 1 N–H and O–H groups in total. The zero-order valence-corrected chi connectivity index (χ0v) is 24.9. The molecule has 0 aliphatic heterocycles. The van der Waals surface area contributed by atoms with Gasteiger partial charge in [-0.2, -0.15) is 0 Å². The van der Waals surface area contributed by atoms with E-state index in [1.807, 2.05) is 0 Å². The molecule has 0 aliphatic rings. The van der Waals surface area contributed by atoms with Gasteiger partial charge in [0.25, 0.3) is 0 Å². The van der Waals surface area contributed by atoms with E-state index in [1.165, 1.54) is 148 Å². The highest BCUT2D eigenvalue weighted by molar-refractivity contribution is 5.66. The van der Waals surface area contributed by atoms with Crippen LogP contribution in [0.2, 0.25) is 0 Å². The van der Waals surface area contributed by atoms with Crippen LogP contribution in [0.5, 0.6) is 0 Å². The zero-order valence-electron chi connectivity index (χ0n) is 24.9. The van der Waals surface area contributed by atoms with Gasteiger partial charge in [0.1, 0.15) is 0 Å². The normalized spacial score (nSPS) is 12.7. The number of hydrogen-bond acceptors (Lipinski definition) is 2. The van der Waals surface area contributed by atoms with Crippen molar-refractivity contribution in [2.24, 2.45) is 5.92 Å². The number of carboxylic acids is 1. The molecule has 0 rings (SSSR count). The molecule has 0 aliphatic carbocycles. The van der Waals surface area contributed by atoms with Gasteiger partial charge >= 0.3 is 5.97 Å². The monoisotopic (exact) mass is 508 g/mol. The SMILES string of the molecule is CCCCCCCCCC(CCCCCCCCCC/C=C\CCCCCCCC(=O)O)CN(C)C. The summed E-state index contributed by atoms with van der Waals surface area (Å²) in [7, 11) is 4.48. The van der Waals surface area contributed by atoms with E-state index in [0.717, 1.165) is 18.8 Å². The Morgan fingerprint density at radius 1 is 0.611 bits per heavy atom. The van der Waals surface area contributed by atoms with Gasteiger partial charge < -0.3 is 10.0 Å². The highest BCUT2D eigenvalue weighted by atomic mass is 16.4. The molecule has 36 heavy (non-hydrogen) atoms. The van der Waals surface area contributed by atoms with Crippen LogP contribution >= 0.6 is 0 Å². The maximum Gasteiger partial charge on any atom is 0.303 e. The number of aliphatic carboxylic acids is 1. The Kier molecular flexibility index (Phi) is 28.1. The molecule has 0 aromatic heterocycles. The molecule has 0 heterocycles. The maximum atomic E-state index is 10.5. The van der Waals surface area contributed by atoms with Crippen molar-refractivity contribution in [3.63, 3.8) is 0 Å². The van der Waals surface area contributed by atoms with E-state index < -0.39 is 5.97 Å². The van der Waals surface area contributed by atoms with Crippen LogP contribution in [-0.4, -0.2) is 36.6 Å². The van der Waals surface area contributed by atoms with Crippen LogP contribution in [-0.2, 0) is 4.79 Å². The first-order chi connectivity index (χ1) is 17.6. The highest BCUT2D eigenvalue weighted by Gasteiger charge is 2.09. The van der Waals surface area contributed by atoms with E-state index in [2.05, 4.69) is 38.1 Å². The molecule has 3 heteroatoms. The van der Waals surface area contributed by atoms with Gasteiger partial charge in [0.2, 0.25) is 0 Å². The predicted molar refractivity (Wildman–Crippen MR) is 160 cm³/mol. The second-order valence-corrected chi connectivity index (χ2v) is 11.6. The Morgan fingerprint density at radius 2 is 1.00 bits per heavy atom. The van der Waals surface area contributed by atoms with Crippen molar-refractivity contribution in [1.82, 2.24) is 4.90 Å². The number of hydrogen-bond donors (Lipinski definition) is 1. The van der Waals surface area contributed by atoms with E-state index >= 15 is 0 Å². The fourth-order valence-electron chi connectivity index (χ4n) is 5.29. The van der Waals surface area contributed by atoms with Gasteiger partial charge in [-0.05, 0) is 65.0 Å². The van der Waals surface area contributed by atoms with Crippen molar-refractivity contribution < 1.29 is 9.90 Å². The first-order valence-electron chi connectivity index (χ1n) is 16.1. The molecule has 0 spiro atoms. The van der Waals surface area contributed by atoms with Gasteiger partial charge in [-0.15, -0.1) is 0 Å². The lowest BCUT2D eigenvalue weighted by atomic mass is 9.93.